The molecular formula is C16H12Cl2FNO. The molecule has 1 N–H and O–H groups in total. The molecule has 0 spiro atoms. The molecule has 0 unspecified atom stereocenters. The summed E-state index contributed by atoms with van der Waals surface area (Å²) in [4.78, 5) is 12.6. The second-order valence-corrected chi connectivity index (χ2v) is 6.57. The minimum Gasteiger partial charge on any atom is -0.323 e. The smallest absolute Gasteiger partial charge is 0.238 e. The van der Waals surface area contributed by atoms with E-state index >= 15 is 0 Å². The topological polar surface area (TPSA) is 29.1 Å². The van der Waals surface area contributed by atoms with Gasteiger partial charge in [-0.1, -0.05) is 42.5 Å². The molecule has 108 valence electrons. The predicted molar refractivity (Wildman–Crippen MR) is 82.2 cm³/mol. The molecule has 0 saturated heterocycles. The number of nitrogens with one attached hydrogen (secondary N) is 1. The van der Waals surface area contributed by atoms with E-state index in [4.69, 9.17) is 23.2 Å². The molecule has 1 saturated carbocycles. The molecule has 0 radical (unpaired) electrons. The summed E-state index contributed by atoms with van der Waals surface area (Å²) in [5, 5.41) is 2.58. The molecule has 5 heteroatoms. The fraction of sp³-hybridized carbons (Fsp3) is 0.188. The SMILES string of the molecule is O=C(Nc1ccccc1F)[C@]1(c2ccccc2)CC1(Cl)Cl. The summed E-state index contributed by atoms with van der Waals surface area (Å²) in [7, 11) is 0. The zero-order valence-corrected chi connectivity index (χ0v) is 12.5. The largest absolute Gasteiger partial charge is 0.323 e. The van der Waals surface area contributed by atoms with Crippen LogP contribution in [0.3, 0.4) is 0 Å². The van der Waals surface area contributed by atoms with Crippen LogP contribution < -0.4 is 5.32 Å². The number of halogens is 3. The van der Waals surface area contributed by atoms with Crippen LogP contribution in [-0.2, 0) is 10.2 Å². The van der Waals surface area contributed by atoms with Gasteiger partial charge in [-0.15, -0.1) is 23.2 Å². The highest BCUT2D eigenvalue weighted by molar-refractivity contribution is 6.54. The standard InChI is InChI=1S/C16H12Cl2FNO/c17-16(18)10-15(16,11-6-2-1-3-7-11)14(21)20-13-9-5-4-8-12(13)19/h1-9H,10H2,(H,20,21)/t15-/m1/s1. The molecule has 2 aromatic rings. The Hall–Kier alpha value is -1.58. The summed E-state index contributed by atoms with van der Waals surface area (Å²) in [6.07, 6.45) is 0.299. The van der Waals surface area contributed by atoms with Crippen molar-refractivity contribution in [3.05, 3.63) is 66.0 Å². The van der Waals surface area contributed by atoms with E-state index in [9.17, 15) is 9.18 Å². The van der Waals surface area contributed by atoms with Crippen molar-refractivity contribution in [1.29, 1.82) is 0 Å². The Kier molecular flexibility index (Phi) is 3.42. The maximum absolute atomic E-state index is 13.7. The van der Waals surface area contributed by atoms with Gasteiger partial charge in [0.15, 0.2) is 0 Å². The number of carbonyl (C=O) groups is 1. The van der Waals surface area contributed by atoms with Gasteiger partial charge in [0.2, 0.25) is 5.91 Å². The lowest BCUT2D eigenvalue weighted by Crippen LogP contribution is -2.32. The van der Waals surface area contributed by atoms with Crippen molar-refractivity contribution >= 4 is 34.8 Å². The van der Waals surface area contributed by atoms with Gasteiger partial charge in [-0.05, 0) is 17.7 Å². The Morgan fingerprint density at radius 2 is 1.62 bits per heavy atom. The molecule has 0 aromatic heterocycles. The number of hydrogen-bond acceptors (Lipinski definition) is 1. The molecule has 1 aliphatic rings. The van der Waals surface area contributed by atoms with Crippen LogP contribution in [0, 0.1) is 5.82 Å². The lowest BCUT2D eigenvalue weighted by molar-refractivity contribution is -0.118. The quantitative estimate of drug-likeness (QED) is 0.839. The van der Waals surface area contributed by atoms with E-state index in [1.54, 1.807) is 24.3 Å². The third-order valence-electron chi connectivity index (χ3n) is 3.76. The maximum atomic E-state index is 13.7. The molecule has 1 fully saturated rings. The van der Waals surface area contributed by atoms with Gasteiger partial charge < -0.3 is 5.32 Å². The van der Waals surface area contributed by atoms with E-state index in [0.29, 0.717) is 6.42 Å². The van der Waals surface area contributed by atoms with Gasteiger partial charge in [0, 0.05) is 6.42 Å². The second kappa shape index (κ2) is 5.00. The first kappa shape index (κ1) is 14.4. The highest BCUT2D eigenvalue weighted by atomic mass is 35.5. The Balaban J connectivity index is 1.94. The van der Waals surface area contributed by atoms with Crippen molar-refractivity contribution in [2.45, 2.75) is 16.2 Å². The molecule has 0 heterocycles. The summed E-state index contributed by atoms with van der Waals surface area (Å²) in [5.41, 5.74) is -0.197. The molecule has 1 atom stereocenters. The van der Waals surface area contributed by atoms with E-state index in [1.165, 1.54) is 12.1 Å². The van der Waals surface area contributed by atoms with Gasteiger partial charge in [-0.3, -0.25) is 4.79 Å². The van der Waals surface area contributed by atoms with Gasteiger partial charge >= 0.3 is 0 Å². The fourth-order valence-corrected chi connectivity index (χ4v) is 3.28. The Morgan fingerprint density at radius 1 is 1.05 bits per heavy atom. The monoisotopic (exact) mass is 323 g/mol. The van der Waals surface area contributed by atoms with Crippen molar-refractivity contribution in [3.63, 3.8) is 0 Å². The Morgan fingerprint density at radius 3 is 2.19 bits per heavy atom. The first-order chi connectivity index (χ1) is 9.97. The number of alkyl halides is 2. The lowest BCUT2D eigenvalue weighted by atomic mass is 9.94. The van der Waals surface area contributed by atoms with E-state index < -0.39 is 21.5 Å². The molecule has 21 heavy (non-hydrogen) atoms. The van der Waals surface area contributed by atoms with Crippen LogP contribution >= 0.6 is 23.2 Å². The number of para-hydroxylation sites is 1. The van der Waals surface area contributed by atoms with Crippen LogP contribution in [-0.4, -0.2) is 10.2 Å². The molecule has 1 aliphatic carbocycles. The third kappa shape index (κ3) is 2.30. The number of carbonyl (C=O) groups excluding carboxylic acids is 1. The molecule has 0 bridgehead atoms. The average Bonchev–Trinajstić information content (AvgIpc) is 3.07. The van der Waals surface area contributed by atoms with Crippen LogP contribution in [0.15, 0.2) is 54.6 Å². The van der Waals surface area contributed by atoms with Gasteiger partial charge in [0.05, 0.1) is 5.69 Å². The van der Waals surface area contributed by atoms with E-state index in [2.05, 4.69) is 5.32 Å². The fourth-order valence-electron chi connectivity index (χ4n) is 2.49. The summed E-state index contributed by atoms with van der Waals surface area (Å²) in [6.45, 7) is 0. The van der Waals surface area contributed by atoms with Gasteiger partial charge in [-0.25, -0.2) is 4.39 Å². The summed E-state index contributed by atoms with van der Waals surface area (Å²) >= 11 is 12.4. The third-order valence-corrected chi connectivity index (χ3v) is 4.68. The van der Waals surface area contributed by atoms with E-state index in [-0.39, 0.29) is 5.69 Å². The van der Waals surface area contributed by atoms with Gasteiger partial charge in [-0.2, -0.15) is 0 Å². The Labute approximate surface area is 131 Å². The highest BCUT2D eigenvalue weighted by Crippen LogP contribution is 2.65. The van der Waals surface area contributed by atoms with Crippen LogP contribution in [0.25, 0.3) is 0 Å². The van der Waals surface area contributed by atoms with Crippen molar-refractivity contribution < 1.29 is 9.18 Å². The van der Waals surface area contributed by atoms with Crippen LogP contribution in [0.1, 0.15) is 12.0 Å². The predicted octanol–water partition coefficient (Wildman–Crippen LogP) is 4.28. The number of hydrogen-bond donors (Lipinski definition) is 1. The molecule has 3 rings (SSSR count). The van der Waals surface area contributed by atoms with Gasteiger partial charge in [0.25, 0.3) is 0 Å². The van der Waals surface area contributed by atoms with E-state index in [0.717, 1.165) is 5.56 Å². The lowest BCUT2D eigenvalue weighted by Gasteiger charge is -2.18. The Bertz CT molecular complexity index is 690. The molecule has 2 aromatic carbocycles. The second-order valence-electron chi connectivity index (χ2n) is 5.09. The van der Waals surface area contributed by atoms with Crippen LogP contribution in [0.4, 0.5) is 10.1 Å². The molecule has 2 nitrogen and oxygen atoms in total. The molecule has 1 amide bonds. The summed E-state index contributed by atoms with van der Waals surface area (Å²) in [5.74, 6) is -0.895. The minimum atomic E-state index is -1.18. The highest BCUT2D eigenvalue weighted by Gasteiger charge is 2.72. The van der Waals surface area contributed by atoms with Crippen molar-refractivity contribution in [2.24, 2.45) is 0 Å². The molecular weight excluding hydrogens is 312 g/mol. The average molecular weight is 324 g/mol. The number of rotatable bonds is 3. The van der Waals surface area contributed by atoms with Crippen LogP contribution in [0.2, 0.25) is 0 Å². The zero-order valence-electron chi connectivity index (χ0n) is 10.9. The number of anilines is 1. The van der Waals surface area contributed by atoms with Crippen molar-refractivity contribution in [1.82, 2.24) is 0 Å². The van der Waals surface area contributed by atoms with E-state index in [1.807, 2.05) is 18.2 Å². The first-order valence-corrected chi connectivity index (χ1v) is 7.22. The van der Waals surface area contributed by atoms with Gasteiger partial charge in [0.1, 0.15) is 15.6 Å². The van der Waals surface area contributed by atoms with Crippen molar-refractivity contribution in [3.8, 4) is 0 Å². The normalized spacial score (nSPS) is 22.6. The summed E-state index contributed by atoms with van der Waals surface area (Å²) < 4.78 is 12.5. The molecule has 0 aliphatic heterocycles. The minimum absolute atomic E-state index is 0.119. The van der Waals surface area contributed by atoms with Crippen LogP contribution in [0.5, 0.6) is 0 Å². The number of amides is 1. The van der Waals surface area contributed by atoms with Crippen molar-refractivity contribution in [2.75, 3.05) is 5.32 Å². The first-order valence-electron chi connectivity index (χ1n) is 6.47. The zero-order chi connectivity index (χ0) is 15.1. The number of benzene rings is 2. The maximum Gasteiger partial charge on any atom is 0.238 e. The summed E-state index contributed by atoms with van der Waals surface area (Å²) in [6, 6.07) is 15.1.